The van der Waals surface area contributed by atoms with Crippen LogP contribution in [0.25, 0.3) is 0 Å². The predicted octanol–water partition coefficient (Wildman–Crippen LogP) is 2.38. The van der Waals surface area contributed by atoms with Crippen molar-refractivity contribution in [1.29, 1.82) is 0 Å². The maximum atomic E-state index is 11.4. The average molecular weight is 306 g/mol. The van der Waals surface area contributed by atoms with E-state index in [1.54, 1.807) is 23.6 Å². The minimum atomic E-state index is -0.567. The van der Waals surface area contributed by atoms with E-state index in [1.807, 2.05) is 6.20 Å². The number of hydrogen-bond acceptors (Lipinski definition) is 6. The van der Waals surface area contributed by atoms with Crippen LogP contribution in [0, 0.1) is 0 Å². The summed E-state index contributed by atoms with van der Waals surface area (Å²) in [4.78, 5) is 20.9. The summed E-state index contributed by atoms with van der Waals surface area (Å²) in [5.74, 6) is 0.0867. The fraction of sp³-hybridized carbons (Fsp3) is 0.357. The molecule has 0 aliphatic heterocycles. The Hall–Kier alpha value is -2.15. The van der Waals surface area contributed by atoms with Crippen LogP contribution in [-0.2, 0) is 6.54 Å². The third-order valence-electron chi connectivity index (χ3n) is 2.84. The van der Waals surface area contributed by atoms with Gasteiger partial charge < -0.3 is 15.8 Å². The van der Waals surface area contributed by atoms with Gasteiger partial charge in [0, 0.05) is 17.0 Å². The Morgan fingerprint density at radius 2 is 2.19 bits per heavy atom. The summed E-state index contributed by atoms with van der Waals surface area (Å²) in [5.41, 5.74) is 6.28. The maximum Gasteiger partial charge on any atom is 0.254 e. The minimum absolute atomic E-state index is 0.230. The number of rotatable bonds is 6. The molecule has 6 nitrogen and oxygen atoms in total. The highest BCUT2D eigenvalue weighted by Gasteiger charge is 2.12. The lowest BCUT2D eigenvalue weighted by Gasteiger charge is -2.08. The van der Waals surface area contributed by atoms with Gasteiger partial charge in [-0.15, -0.1) is 11.3 Å². The lowest BCUT2D eigenvalue weighted by molar-refractivity contribution is 0.0996. The van der Waals surface area contributed by atoms with Gasteiger partial charge in [0.1, 0.15) is 5.56 Å². The molecule has 0 atom stereocenters. The van der Waals surface area contributed by atoms with E-state index in [-0.39, 0.29) is 11.4 Å². The molecule has 21 heavy (non-hydrogen) atoms. The van der Waals surface area contributed by atoms with E-state index in [0.29, 0.717) is 18.2 Å². The molecule has 0 aromatic carbocycles. The van der Waals surface area contributed by atoms with Crippen LogP contribution < -0.4 is 15.8 Å². The molecule has 0 spiro atoms. The van der Waals surface area contributed by atoms with Gasteiger partial charge in [-0.05, 0) is 6.07 Å². The van der Waals surface area contributed by atoms with Crippen LogP contribution in [0.3, 0.4) is 0 Å². The number of hydrogen-bond donors (Lipinski definition) is 2. The molecule has 2 rings (SSSR count). The third kappa shape index (κ3) is 3.69. The summed E-state index contributed by atoms with van der Waals surface area (Å²) >= 11 is 1.67. The van der Waals surface area contributed by atoms with Crippen molar-refractivity contribution in [3.63, 3.8) is 0 Å². The zero-order valence-electron chi connectivity index (χ0n) is 12.2. The van der Waals surface area contributed by atoms with Gasteiger partial charge >= 0.3 is 0 Å². The van der Waals surface area contributed by atoms with E-state index in [4.69, 9.17) is 10.5 Å². The third-order valence-corrected chi connectivity index (χ3v) is 4.14. The number of thiazole rings is 1. The zero-order valence-corrected chi connectivity index (χ0v) is 13.0. The fourth-order valence-corrected chi connectivity index (χ4v) is 2.61. The second kappa shape index (κ2) is 6.53. The first-order valence-electron chi connectivity index (χ1n) is 6.53. The lowest BCUT2D eigenvalue weighted by atomic mass is 10.2. The van der Waals surface area contributed by atoms with Gasteiger partial charge in [-0.2, -0.15) is 0 Å². The molecule has 3 N–H and O–H groups in total. The number of aromatic nitrogens is 2. The largest absolute Gasteiger partial charge is 0.480 e. The summed E-state index contributed by atoms with van der Waals surface area (Å²) in [7, 11) is 1.45. The average Bonchev–Trinajstić information content (AvgIpc) is 2.94. The molecule has 0 fully saturated rings. The molecule has 2 heterocycles. The van der Waals surface area contributed by atoms with Gasteiger partial charge in [0.15, 0.2) is 0 Å². The first-order valence-corrected chi connectivity index (χ1v) is 7.35. The number of nitrogens with zero attached hydrogens (tertiary/aromatic N) is 2. The Morgan fingerprint density at radius 1 is 1.43 bits per heavy atom. The van der Waals surface area contributed by atoms with Crippen molar-refractivity contribution >= 4 is 22.9 Å². The van der Waals surface area contributed by atoms with Crippen molar-refractivity contribution in [2.45, 2.75) is 26.3 Å². The van der Waals surface area contributed by atoms with Gasteiger partial charge in [0.25, 0.3) is 5.91 Å². The molecule has 2 aromatic rings. The van der Waals surface area contributed by atoms with E-state index in [2.05, 4.69) is 29.1 Å². The molecule has 0 aliphatic carbocycles. The van der Waals surface area contributed by atoms with Crippen molar-refractivity contribution in [1.82, 2.24) is 9.97 Å². The van der Waals surface area contributed by atoms with Crippen LogP contribution >= 0.6 is 11.3 Å². The van der Waals surface area contributed by atoms with Crippen LogP contribution in [0.4, 0.5) is 5.69 Å². The molecule has 7 heteroatoms. The topological polar surface area (TPSA) is 90.1 Å². The van der Waals surface area contributed by atoms with E-state index in [0.717, 1.165) is 9.88 Å². The minimum Gasteiger partial charge on any atom is -0.480 e. The monoisotopic (exact) mass is 306 g/mol. The van der Waals surface area contributed by atoms with Crippen LogP contribution in [0.2, 0.25) is 0 Å². The fourth-order valence-electron chi connectivity index (χ4n) is 1.75. The Labute approximate surface area is 127 Å². The van der Waals surface area contributed by atoms with Crippen LogP contribution in [0.15, 0.2) is 18.5 Å². The van der Waals surface area contributed by atoms with Gasteiger partial charge in [-0.25, -0.2) is 9.97 Å². The molecule has 1 amide bonds. The predicted molar refractivity (Wildman–Crippen MR) is 82.8 cm³/mol. The summed E-state index contributed by atoms with van der Waals surface area (Å²) in [5, 5.41) is 4.31. The number of nitrogens with two attached hydrogens (primary N) is 1. The summed E-state index contributed by atoms with van der Waals surface area (Å²) in [6.45, 7) is 4.85. The first-order chi connectivity index (χ1) is 10.0. The highest BCUT2D eigenvalue weighted by atomic mass is 32.1. The number of carbonyl (C=O) groups excluding carboxylic acids is 1. The van der Waals surface area contributed by atoms with Gasteiger partial charge in [-0.3, -0.25) is 4.79 Å². The van der Waals surface area contributed by atoms with E-state index in [1.165, 1.54) is 7.11 Å². The summed E-state index contributed by atoms with van der Waals surface area (Å²) in [6.07, 6.45) is 3.47. The first kappa shape index (κ1) is 15.2. The number of carbonyl (C=O) groups is 1. The Balaban J connectivity index is 2.09. The molecule has 112 valence electrons. The van der Waals surface area contributed by atoms with Crippen LogP contribution in [0.1, 0.15) is 40.0 Å². The van der Waals surface area contributed by atoms with Gasteiger partial charge in [0.2, 0.25) is 5.88 Å². The van der Waals surface area contributed by atoms with E-state index in [9.17, 15) is 4.79 Å². The van der Waals surface area contributed by atoms with E-state index < -0.39 is 5.91 Å². The number of primary amides is 1. The molecular weight excluding hydrogens is 288 g/mol. The second-order valence-electron chi connectivity index (χ2n) is 4.82. The molecule has 0 bridgehead atoms. The molecular formula is C14H18N4O2S. The number of anilines is 1. The second-order valence-corrected chi connectivity index (χ2v) is 5.96. The highest BCUT2D eigenvalue weighted by molar-refractivity contribution is 7.11. The standard InChI is InChI=1S/C14H18N4O2S/c1-8(2)14-18-7-10(21-14)6-16-9-4-11(12(15)19)13(20-3)17-5-9/h4-5,7-8,16H,6H2,1-3H3,(H2,15,19). The Kier molecular flexibility index (Phi) is 4.74. The van der Waals surface area contributed by atoms with Crippen molar-refractivity contribution in [2.24, 2.45) is 5.73 Å². The van der Waals surface area contributed by atoms with Gasteiger partial charge in [0.05, 0.1) is 30.5 Å². The summed E-state index contributed by atoms with van der Waals surface area (Å²) < 4.78 is 5.01. The normalized spacial score (nSPS) is 10.7. The number of ether oxygens (including phenoxy) is 1. The number of nitrogens with one attached hydrogen (secondary N) is 1. The molecule has 0 aliphatic rings. The highest BCUT2D eigenvalue weighted by Crippen LogP contribution is 2.23. The lowest BCUT2D eigenvalue weighted by Crippen LogP contribution is -2.14. The number of amides is 1. The Morgan fingerprint density at radius 3 is 2.76 bits per heavy atom. The molecule has 0 radical (unpaired) electrons. The number of pyridine rings is 1. The molecule has 0 saturated carbocycles. The summed E-state index contributed by atoms with van der Waals surface area (Å²) in [6, 6.07) is 1.64. The molecule has 2 aromatic heterocycles. The molecule has 0 unspecified atom stereocenters. The van der Waals surface area contributed by atoms with Crippen LogP contribution in [0.5, 0.6) is 5.88 Å². The van der Waals surface area contributed by atoms with Crippen molar-refractivity contribution in [3.05, 3.63) is 33.9 Å². The SMILES string of the molecule is COc1ncc(NCc2cnc(C(C)C)s2)cc1C(N)=O. The van der Waals surface area contributed by atoms with Crippen LogP contribution in [-0.4, -0.2) is 23.0 Å². The van der Waals surface area contributed by atoms with Crippen molar-refractivity contribution in [2.75, 3.05) is 12.4 Å². The smallest absolute Gasteiger partial charge is 0.254 e. The Bertz CT molecular complexity index is 640. The number of methoxy groups -OCH3 is 1. The van der Waals surface area contributed by atoms with Crippen molar-refractivity contribution < 1.29 is 9.53 Å². The quantitative estimate of drug-likeness (QED) is 0.855. The van der Waals surface area contributed by atoms with Crippen molar-refractivity contribution in [3.8, 4) is 5.88 Å². The van der Waals surface area contributed by atoms with E-state index >= 15 is 0 Å². The molecule has 0 saturated heterocycles. The maximum absolute atomic E-state index is 11.4. The zero-order chi connectivity index (χ0) is 15.4. The van der Waals surface area contributed by atoms with Gasteiger partial charge in [-0.1, -0.05) is 13.8 Å².